The van der Waals surface area contributed by atoms with Crippen LogP contribution in [0, 0.1) is 0 Å². The van der Waals surface area contributed by atoms with Crippen molar-refractivity contribution in [3.8, 4) is 0 Å². The third-order valence-corrected chi connectivity index (χ3v) is 8.12. The molecule has 2 amide bonds. The summed E-state index contributed by atoms with van der Waals surface area (Å²) in [6.45, 7) is 3.35. The number of aliphatic hydroxyl groups excluding tert-OH is 1. The topological polar surface area (TPSA) is 111 Å². The summed E-state index contributed by atoms with van der Waals surface area (Å²) in [5.41, 5.74) is 0.273. The van der Waals surface area contributed by atoms with Gasteiger partial charge in [-0.25, -0.2) is 0 Å². The van der Waals surface area contributed by atoms with Gasteiger partial charge in [-0.2, -0.15) is 11.8 Å². The van der Waals surface area contributed by atoms with E-state index in [1.54, 1.807) is 25.6 Å². The first-order valence-electron chi connectivity index (χ1n) is 11.0. The minimum Gasteiger partial charge on any atom is -0.394 e. The van der Waals surface area contributed by atoms with E-state index in [0.29, 0.717) is 37.2 Å². The molecule has 176 valence electrons. The van der Waals surface area contributed by atoms with Gasteiger partial charge in [0.1, 0.15) is 6.04 Å². The molecule has 1 aromatic rings. The van der Waals surface area contributed by atoms with Gasteiger partial charge in [-0.3, -0.25) is 14.6 Å². The first-order chi connectivity index (χ1) is 15.2. The summed E-state index contributed by atoms with van der Waals surface area (Å²) in [5, 5.41) is 26.7. The Balaban J connectivity index is 1.81. The molecule has 0 spiro atoms. The Bertz CT molecular complexity index is 813. The third kappa shape index (κ3) is 7.79. The lowest BCUT2D eigenvalue weighted by Crippen LogP contribution is -2.44. The Morgan fingerprint density at radius 3 is 2.59 bits per heavy atom. The molecule has 3 rings (SSSR count). The van der Waals surface area contributed by atoms with Crippen molar-refractivity contribution in [1.82, 2.24) is 10.6 Å². The summed E-state index contributed by atoms with van der Waals surface area (Å²) in [6.07, 6.45) is 2.13. The molecule has 2 aliphatic heterocycles. The molecule has 0 aromatic heterocycles. The van der Waals surface area contributed by atoms with Crippen LogP contribution in [0.3, 0.4) is 0 Å². The average Bonchev–Trinajstić information content (AvgIpc) is 3.24. The zero-order valence-electron chi connectivity index (χ0n) is 18.6. The van der Waals surface area contributed by atoms with Gasteiger partial charge in [0, 0.05) is 23.2 Å². The number of hydrogen-bond acceptors (Lipinski definition) is 7. The van der Waals surface area contributed by atoms with E-state index in [9.17, 15) is 19.8 Å². The summed E-state index contributed by atoms with van der Waals surface area (Å²) >= 11 is 3.06. The molecule has 2 bridgehead atoms. The van der Waals surface area contributed by atoms with E-state index in [0.717, 1.165) is 10.6 Å². The quantitative estimate of drug-likeness (QED) is 0.495. The summed E-state index contributed by atoms with van der Waals surface area (Å²) in [6, 6.07) is 8.72. The number of carbonyl (C=O) groups excluding carboxylic acids is 2. The Morgan fingerprint density at radius 2 is 1.91 bits per heavy atom. The summed E-state index contributed by atoms with van der Waals surface area (Å²) in [7, 11) is 0. The maximum absolute atomic E-state index is 13.0. The molecule has 32 heavy (non-hydrogen) atoms. The lowest BCUT2D eigenvalue weighted by Gasteiger charge is -2.25. The van der Waals surface area contributed by atoms with Crippen molar-refractivity contribution in [1.29, 1.82) is 0 Å². The smallest absolute Gasteiger partial charge is 0.246 e. The number of amides is 2. The molecule has 9 heteroatoms. The molecular formula is C23H33N3O4S2. The molecule has 0 radical (unpaired) electrons. The molecule has 2 heterocycles. The Kier molecular flexibility index (Phi) is 9.04. The number of thioether (sulfide) groups is 2. The van der Waals surface area contributed by atoms with E-state index in [1.165, 1.54) is 11.8 Å². The number of aliphatic hydroxyl groups is 2. The SMILES string of the molecule is CC(C)(O)CCC1CC(=O)N[C@@H](Cc2ccccc2)C2=N[C@H](CS2)C(=O)N[C@H](CO)CS1. The van der Waals surface area contributed by atoms with E-state index in [-0.39, 0.29) is 29.7 Å². The molecule has 0 saturated heterocycles. The number of nitrogens with zero attached hydrogens (tertiary/aromatic N) is 1. The highest BCUT2D eigenvalue weighted by molar-refractivity contribution is 8.14. The standard InChI is InChI=1S/C23H33N3O4S2/c1-23(2,30)9-8-17-11-20(28)25-18(10-15-6-4-3-5-7-15)22-26-19(14-32-22)21(29)24-16(12-27)13-31-17/h3-7,16-19,27,30H,8-14H2,1-2H3,(H,24,29)(H,25,28)/t16-,17?,18+,19-/m1/s1. The maximum Gasteiger partial charge on any atom is 0.246 e. The Hall–Kier alpha value is -1.55. The number of benzene rings is 1. The van der Waals surface area contributed by atoms with Crippen LogP contribution < -0.4 is 10.6 Å². The van der Waals surface area contributed by atoms with Gasteiger partial charge in [-0.15, -0.1) is 11.8 Å². The minimum absolute atomic E-state index is 0.0303. The first-order valence-corrected chi connectivity index (χ1v) is 13.1. The molecule has 4 atom stereocenters. The van der Waals surface area contributed by atoms with Crippen molar-refractivity contribution in [2.45, 2.75) is 68.5 Å². The van der Waals surface area contributed by atoms with Crippen LogP contribution in [0.15, 0.2) is 35.3 Å². The molecule has 1 unspecified atom stereocenters. The number of nitrogens with one attached hydrogen (secondary N) is 2. The summed E-state index contributed by atoms with van der Waals surface area (Å²) in [4.78, 5) is 30.4. The average molecular weight is 480 g/mol. The molecule has 1 aromatic carbocycles. The molecular weight excluding hydrogens is 446 g/mol. The van der Waals surface area contributed by atoms with Crippen molar-refractivity contribution in [3.05, 3.63) is 35.9 Å². The van der Waals surface area contributed by atoms with Crippen molar-refractivity contribution in [2.75, 3.05) is 18.1 Å². The minimum atomic E-state index is -0.816. The van der Waals surface area contributed by atoms with Crippen LogP contribution in [0.2, 0.25) is 0 Å². The maximum atomic E-state index is 13.0. The second-order valence-corrected chi connectivity index (χ2v) is 11.4. The Labute approximate surface area is 198 Å². The largest absolute Gasteiger partial charge is 0.394 e. The van der Waals surface area contributed by atoms with E-state index < -0.39 is 17.7 Å². The molecule has 4 N–H and O–H groups in total. The fraction of sp³-hybridized carbons (Fsp3) is 0.609. The van der Waals surface area contributed by atoms with Crippen LogP contribution in [0.25, 0.3) is 0 Å². The van der Waals surface area contributed by atoms with Crippen LogP contribution >= 0.6 is 23.5 Å². The molecule has 7 nitrogen and oxygen atoms in total. The van der Waals surface area contributed by atoms with E-state index in [2.05, 4.69) is 15.6 Å². The second kappa shape index (κ2) is 11.5. The van der Waals surface area contributed by atoms with Crippen LogP contribution in [0.4, 0.5) is 0 Å². The monoisotopic (exact) mass is 479 g/mol. The van der Waals surface area contributed by atoms with E-state index in [4.69, 9.17) is 0 Å². The predicted molar refractivity (Wildman–Crippen MR) is 131 cm³/mol. The molecule has 0 saturated carbocycles. The number of aliphatic imine (C=N–C) groups is 1. The van der Waals surface area contributed by atoms with Crippen molar-refractivity contribution < 1.29 is 19.8 Å². The molecule has 2 aliphatic rings. The number of carbonyl (C=O) groups is 2. The molecule has 0 fully saturated rings. The first kappa shape index (κ1) is 25.1. The van der Waals surface area contributed by atoms with Crippen molar-refractivity contribution in [2.24, 2.45) is 4.99 Å². The normalized spacial score (nSPS) is 27.4. The highest BCUT2D eigenvalue weighted by atomic mass is 32.2. The highest BCUT2D eigenvalue weighted by Gasteiger charge is 2.32. The van der Waals surface area contributed by atoms with Gasteiger partial charge in [-0.05, 0) is 38.7 Å². The van der Waals surface area contributed by atoms with Gasteiger partial charge >= 0.3 is 0 Å². The Morgan fingerprint density at radius 1 is 1.16 bits per heavy atom. The summed E-state index contributed by atoms with van der Waals surface area (Å²) < 4.78 is 0. The zero-order chi connectivity index (χ0) is 23.1. The highest BCUT2D eigenvalue weighted by Crippen LogP contribution is 2.27. The third-order valence-electron chi connectivity index (χ3n) is 5.48. The van der Waals surface area contributed by atoms with Gasteiger partial charge in [-0.1, -0.05) is 30.3 Å². The van der Waals surface area contributed by atoms with Crippen LogP contribution in [0.1, 0.15) is 38.7 Å². The fourth-order valence-electron chi connectivity index (χ4n) is 3.68. The van der Waals surface area contributed by atoms with E-state index >= 15 is 0 Å². The van der Waals surface area contributed by atoms with Gasteiger partial charge < -0.3 is 20.8 Å². The van der Waals surface area contributed by atoms with Gasteiger partial charge in [0.15, 0.2) is 0 Å². The second-order valence-electron chi connectivity index (χ2n) is 9.00. The van der Waals surface area contributed by atoms with Gasteiger partial charge in [0.2, 0.25) is 11.8 Å². The van der Waals surface area contributed by atoms with Crippen molar-refractivity contribution >= 4 is 40.4 Å². The lowest BCUT2D eigenvalue weighted by atomic mass is 10.00. The van der Waals surface area contributed by atoms with Crippen LogP contribution in [-0.4, -0.2) is 74.2 Å². The van der Waals surface area contributed by atoms with E-state index in [1.807, 2.05) is 30.3 Å². The predicted octanol–water partition coefficient (Wildman–Crippen LogP) is 1.76. The van der Waals surface area contributed by atoms with Crippen molar-refractivity contribution in [3.63, 3.8) is 0 Å². The van der Waals surface area contributed by atoms with Gasteiger partial charge in [0.05, 0.1) is 29.3 Å². The van der Waals surface area contributed by atoms with Crippen LogP contribution in [-0.2, 0) is 16.0 Å². The lowest BCUT2D eigenvalue weighted by molar-refractivity contribution is -0.122. The van der Waals surface area contributed by atoms with Gasteiger partial charge in [0.25, 0.3) is 0 Å². The number of fused-ring (bicyclic) bond motifs is 1. The zero-order valence-corrected chi connectivity index (χ0v) is 20.3. The van der Waals surface area contributed by atoms with Crippen LogP contribution in [0.5, 0.6) is 0 Å². The number of hydrogen-bond donors (Lipinski definition) is 4. The number of rotatable bonds is 6. The summed E-state index contributed by atoms with van der Waals surface area (Å²) in [5.74, 6) is 0.770. The fourth-order valence-corrected chi connectivity index (χ4v) is 6.02. The molecule has 0 aliphatic carbocycles.